The molecule has 0 saturated carbocycles. The van der Waals surface area contributed by atoms with E-state index in [1.54, 1.807) is 32.4 Å². The zero-order valence-electron chi connectivity index (χ0n) is 16.9. The molecule has 2 aromatic carbocycles. The number of methoxy groups -OCH3 is 2. The minimum Gasteiger partial charge on any atom is -0.493 e. The second kappa shape index (κ2) is 9.75. The summed E-state index contributed by atoms with van der Waals surface area (Å²) in [6, 6.07) is 10.8. The van der Waals surface area contributed by atoms with Gasteiger partial charge in [0.25, 0.3) is 11.1 Å². The second-order valence-electron chi connectivity index (χ2n) is 6.19. The maximum atomic E-state index is 13.0. The van der Waals surface area contributed by atoms with Crippen molar-refractivity contribution in [1.82, 2.24) is 20.4 Å². The topological polar surface area (TPSA) is 112 Å². The summed E-state index contributed by atoms with van der Waals surface area (Å²) in [5, 5.41) is 19.8. The Labute approximate surface area is 190 Å². The number of rotatable bonds is 8. The normalized spacial score (nSPS) is 10.7. The quantitative estimate of drug-likeness (QED) is 0.375. The largest absolute Gasteiger partial charge is 0.493 e. The molecule has 9 nitrogen and oxygen atoms in total. The summed E-state index contributed by atoms with van der Waals surface area (Å²) in [6.45, 7) is 0. The van der Waals surface area contributed by atoms with Crippen molar-refractivity contribution >= 4 is 34.7 Å². The number of carbonyl (C=O) groups excluding carboxylic acids is 1. The number of ether oxygens (including phenoxy) is 2. The molecule has 0 unspecified atom stereocenters. The molecule has 0 spiro atoms. The van der Waals surface area contributed by atoms with Gasteiger partial charge in [0.15, 0.2) is 11.5 Å². The van der Waals surface area contributed by atoms with Crippen LogP contribution in [-0.2, 0) is 5.75 Å². The van der Waals surface area contributed by atoms with Crippen LogP contribution in [0, 0.1) is 5.82 Å². The Bertz CT molecular complexity index is 1230. The number of hydrogen-bond donors (Lipinski definition) is 1. The fourth-order valence-corrected chi connectivity index (χ4v) is 4.08. The van der Waals surface area contributed by atoms with E-state index in [-0.39, 0.29) is 10.8 Å². The molecule has 0 saturated heterocycles. The number of halogens is 1. The SMILES string of the molecule is COc1ccc(-c2nnc(SCc3nnc(C(=O)Nc4ccc(F)cc4)s3)o2)cc1OC. The van der Waals surface area contributed by atoms with Gasteiger partial charge >= 0.3 is 0 Å². The highest BCUT2D eigenvalue weighted by Gasteiger charge is 2.16. The Morgan fingerprint density at radius 1 is 1.06 bits per heavy atom. The fourth-order valence-electron chi connectivity index (χ4n) is 2.60. The molecule has 0 fully saturated rings. The number of nitrogens with one attached hydrogen (secondary N) is 1. The maximum absolute atomic E-state index is 13.0. The highest BCUT2D eigenvalue weighted by Crippen LogP contribution is 2.33. The average molecular weight is 474 g/mol. The third-order valence-electron chi connectivity index (χ3n) is 4.12. The van der Waals surface area contributed by atoms with Gasteiger partial charge in [0.05, 0.1) is 20.0 Å². The number of carbonyl (C=O) groups is 1. The van der Waals surface area contributed by atoms with Crippen LogP contribution < -0.4 is 14.8 Å². The lowest BCUT2D eigenvalue weighted by molar-refractivity contribution is 0.102. The van der Waals surface area contributed by atoms with Gasteiger partial charge in [0, 0.05) is 11.3 Å². The number of amides is 1. The summed E-state index contributed by atoms with van der Waals surface area (Å²) in [5.41, 5.74) is 1.16. The predicted octanol–water partition coefficient (Wildman–Crippen LogP) is 4.29. The molecule has 0 radical (unpaired) electrons. The van der Waals surface area contributed by atoms with Crippen LogP contribution in [0.1, 0.15) is 14.8 Å². The van der Waals surface area contributed by atoms with E-state index in [0.717, 1.165) is 11.3 Å². The van der Waals surface area contributed by atoms with Crippen molar-refractivity contribution < 1.29 is 23.1 Å². The van der Waals surface area contributed by atoms with Crippen molar-refractivity contribution in [3.05, 3.63) is 58.3 Å². The Kier molecular flexibility index (Phi) is 6.61. The third kappa shape index (κ3) is 5.03. The first-order valence-corrected chi connectivity index (χ1v) is 10.9. The minimum absolute atomic E-state index is 0.196. The van der Waals surface area contributed by atoms with E-state index in [9.17, 15) is 9.18 Å². The molecule has 4 rings (SSSR count). The lowest BCUT2D eigenvalue weighted by Crippen LogP contribution is -2.11. The highest BCUT2D eigenvalue weighted by atomic mass is 32.2. The summed E-state index contributed by atoms with van der Waals surface area (Å²) in [6.07, 6.45) is 0. The molecule has 0 bridgehead atoms. The van der Waals surface area contributed by atoms with Gasteiger partial charge in [0.1, 0.15) is 10.8 Å². The predicted molar refractivity (Wildman–Crippen MR) is 117 cm³/mol. The number of thioether (sulfide) groups is 1. The number of aromatic nitrogens is 4. The molecular formula is C20H16FN5O4S2. The molecule has 0 aliphatic rings. The summed E-state index contributed by atoms with van der Waals surface area (Å²) in [7, 11) is 3.11. The fraction of sp³-hybridized carbons (Fsp3) is 0.150. The van der Waals surface area contributed by atoms with E-state index in [0.29, 0.717) is 44.6 Å². The van der Waals surface area contributed by atoms with Crippen molar-refractivity contribution in [3.63, 3.8) is 0 Å². The first kappa shape index (κ1) is 21.7. The summed E-state index contributed by atoms with van der Waals surface area (Å²) in [4.78, 5) is 12.3. The first-order valence-electron chi connectivity index (χ1n) is 9.13. The van der Waals surface area contributed by atoms with Crippen molar-refractivity contribution in [2.75, 3.05) is 19.5 Å². The van der Waals surface area contributed by atoms with E-state index in [1.165, 1.54) is 36.0 Å². The van der Waals surface area contributed by atoms with Crippen molar-refractivity contribution in [2.45, 2.75) is 11.0 Å². The van der Waals surface area contributed by atoms with Crippen LogP contribution in [-0.4, -0.2) is 40.5 Å². The maximum Gasteiger partial charge on any atom is 0.286 e. The molecule has 0 atom stereocenters. The van der Waals surface area contributed by atoms with Crippen LogP contribution >= 0.6 is 23.1 Å². The van der Waals surface area contributed by atoms with E-state index in [4.69, 9.17) is 13.9 Å². The first-order chi connectivity index (χ1) is 15.6. The Morgan fingerprint density at radius 2 is 1.84 bits per heavy atom. The van der Waals surface area contributed by atoms with E-state index in [2.05, 4.69) is 25.7 Å². The lowest BCUT2D eigenvalue weighted by Gasteiger charge is -2.07. The molecule has 32 heavy (non-hydrogen) atoms. The Balaban J connectivity index is 1.37. The van der Waals surface area contributed by atoms with Crippen molar-refractivity contribution in [3.8, 4) is 23.0 Å². The highest BCUT2D eigenvalue weighted by molar-refractivity contribution is 7.98. The van der Waals surface area contributed by atoms with Crippen LogP contribution in [0.25, 0.3) is 11.5 Å². The van der Waals surface area contributed by atoms with Gasteiger partial charge in [-0.2, -0.15) is 0 Å². The van der Waals surface area contributed by atoms with Crippen molar-refractivity contribution in [1.29, 1.82) is 0 Å². The van der Waals surface area contributed by atoms with E-state index in [1.807, 2.05) is 0 Å². The Hall–Kier alpha value is -3.51. The van der Waals surface area contributed by atoms with Crippen LogP contribution in [0.4, 0.5) is 10.1 Å². The molecular weight excluding hydrogens is 457 g/mol. The zero-order valence-corrected chi connectivity index (χ0v) is 18.5. The standard InChI is InChI=1S/C20H16FN5O4S2/c1-28-14-8-3-11(9-15(14)29-2)18-24-26-20(30-18)31-10-16-23-25-19(32-16)17(27)22-13-6-4-12(21)5-7-13/h3-9H,10H2,1-2H3,(H,22,27). The smallest absolute Gasteiger partial charge is 0.286 e. The molecule has 2 aromatic heterocycles. The van der Waals surface area contributed by atoms with E-state index < -0.39 is 5.91 Å². The number of nitrogens with zero attached hydrogens (tertiary/aromatic N) is 4. The molecule has 1 N–H and O–H groups in total. The van der Waals surface area contributed by atoms with Crippen LogP contribution in [0.3, 0.4) is 0 Å². The molecule has 12 heteroatoms. The van der Waals surface area contributed by atoms with E-state index >= 15 is 0 Å². The molecule has 164 valence electrons. The monoisotopic (exact) mass is 473 g/mol. The third-order valence-corrected chi connectivity index (χ3v) is 6.05. The summed E-state index contributed by atoms with van der Waals surface area (Å²) in [5.74, 6) is 1.09. The van der Waals surface area contributed by atoms with Gasteiger partial charge in [0.2, 0.25) is 10.9 Å². The van der Waals surface area contributed by atoms with Gasteiger partial charge in [-0.1, -0.05) is 23.1 Å². The van der Waals surface area contributed by atoms with Gasteiger partial charge in [-0.05, 0) is 42.5 Å². The summed E-state index contributed by atoms with van der Waals surface area (Å²) < 4.78 is 29.2. The van der Waals surface area contributed by atoms with Gasteiger partial charge in [-0.25, -0.2) is 4.39 Å². The number of anilines is 1. The van der Waals surface area contributed by atoms with Gasteiger partial charge in [-0.3, -0.25) is 4.79 Å². The molecule has 0 aliphatic carbocycles. The number of hydrogen-bond acceptors (Lipinski definition) is 10. The second-order valence-corrected chi connectivity index (χ2v) is 8.18. The summed E-state index contributed by atoms with van der Waals surface area (Å²) >= 11 is 2.42. The molecule has 4 aromatic rings. The zero-order chi connectivity index (χ0) is 22.5. The lowest BCUT2D eigenvalue weighted by atomic mass is 10.2. The molecule has 2 heterocycles. The molecule has 1 amide bonds. The minimum atomic E-state index is -0.418. The average Bonchev–Trinajstić information content (AvgIpc) is 3.48. The Morgan fingerprint density at radius 3 is 2.59 bits per heavy atom. The van der Waals surface area contributed by atoms with Gasteiger partial charge in [-0.15, -0.1) is 20.4 Å². The van der Waals surface area contributed by atoms with Crippen LogP contribution in [0.2, 0.25) is 0 Å². The van der Waals surface area contributed by atoms with Crippen LogP contribution in [0.15, 0.2) is 52.1 Å². The van der Waals surface area contributed by atoms with Gasteiger partial charge < -0.3 is 19.2 Å². The van der Waals surface area contributed by atoms with Crippen molar-refractivity contribution in [2.24, 2.45) is 0 Å². The number of benzene rings is 2. The molecule has 0 aliphatic heterocycles. The van der Waals surface area contributed by atoms with Crippen LogP contribution in [0.5, 0.6) is 11.5 Å².